The molecule has 2 N–H and O–H groups in total. The van der Waals surface area contributed by atoms with Gasteiger partial charge >= 0.3 is 5.97 Å². The lowest BCUT2D eigenvalue weighted by atomic mass is 10.1. The lowest BCUT2D eigenvalue weighted by Crippen LogP contribution is -2.23. The van der Waals surface area contributed by atoms with Gasteiger partial charge in [-0.05, 0) is 53.9 Å². The summed E-state index contributed by atoms with van der Waals surface area (Å²) in [6.45, 7) is 1.57. The van der Waals surface area contributed by atoms with Crippen molar-refractivity contribution in [1.29, 1.82) is 0 Å². The number of nitrogens with one attached hydrogen (secondary N) is 2. The van der Waals surface area contributed by atoms with E-state index in [1.165, 1.54) is 19.1 Å². The van der Waals surface area contributed by atoms with Crippen LogP contribution in [0.2, 0.25) is 0 Å². The fourth-order valence-corrected chi connectivity index (χ4v) is 3.07. The number of esters is 1. The van der Waals surface area contributed by atoms with E-state index in [0.29, 0.717) is 23.2 Å². The van der Waals surface area contributed by atoms with E-state index in [9.17, 15) is 18.8 Å². The minimum Gasteiger partial charge on any atom is -0.427 e. The monoisotopic (exact) mass is 434 g/mol. The van der Waals surface area contributed by atoms with E-state index in [0.717, 1.165) is 5.56 Å². The van der Waals surface area contributed by atoms with E-state index in [-0.39, 0.29) is 36.3 Å². The molecular formula is C25H23FN2O4. The Morgan fingerprint density at radius 2 is 1.72 bits per heavy atom. The molecule has 0 spiro atoms. The van der Waals surface area contributed by atoms with E-state index in [4.69, 9.17) is 4.74 Å². The Morgan fingerprint density at radius 3 is 2.50 bits per heavy atom. The molecule has 3 rings (SSSR count). The van der Waals surface area contributed by atoms with Gasteiger partial charge in [0.25, 0.3) is 5.91 Å². The SMILES string of the molecule is CC(=O)Oc1cccc(C(=O)Nc2cccc(CNC(=O)CCc3ccccc3F)c2)c1. The number of ether oxygens (including phenoxy) is 1. The van der Waals surface area contributed by atoms with Gasteiger partial charge in [0.15, 0.2) is 0 Å². The third kappa shape index (κ3) is 6.77. The summed E-state index contributed by atoms with van der Waals surface area (Å²) in [7, 11) is 0. The van der Waals surface area contributed by atoms with E-state index < -0.39 is 5.97 Å². The second kappa shape index (κ2) is 10.9. The summed E-state index contributed by atoms with van der Waals surface area (Å²) in [5, 5.41) is 5.59. The van der Waals surface area contributed by atoms with Crippen LogP contribution in [0.1, 0.15) is 34.8 Å². The van der Waals surface area contributed by atoms with Gasteiger partial charge in [0.2, 0.25) is 5.91 Å². The van der Waals surface area contributed by atoms with Gasteiger partial charge in [-0.2, -0.15) is 0 Å². The van der Waals surface area contributed by atoms with Crippen molar-refractivity contribution in [3.05, 3.63) is 95.3 Å². The van der Waals surface area contributed by atoms with Crippen molar-refractivity contribution in [2.45, 2.75) is 26.3 Å². The van der Waals surface area contributed by atoms with Gasteiger partial charge in [0.1, 0.15) is 11.6 Å². The largest absolute Gasteiger partial charge is 0.427 e. The third-order valence-electron chi connectivity index (χ3n) is 4.61. The summed E-state index contributed by atoms with van der Waals surface area (Å²) in [6, 6.07) is 19.8. The molecule has 32 heavy (non-hydrogen) atoms. The first-order valence-corrected chi connectivity index (χ1v) is 10.1. The molecule has 0 aliphatic carbocycles. The van der Waals surface area contributed by atoms with Crippen LogP contribution in [-0.2, 0) is 22.6 Å². The average Bonchev–Trinajstić information content (AvgIpc) is 2.77. The molecule has 0 bridgehead atoms. The second-order valence-electron chi connectivity index (χ2n) is 7.14. The smallest absolute Gasteiger partial charge is 0.308 e. The van der Waals surface area contributed by atoms with Crippen molar-refractivity contribution >= 4 is 23.5 Å². The summed E-state index contributed by atoms with van der Waals surface area (Å²) in [5.41, 5.74) is 2.21. The van der Waals surface area contributed by atoms with Crippen molar-refractivity contribution in [3.8, 4) is 5.75 Å². The van der Waals surface area contributed by atoms with Gasteiger partial charge in [-0.1, -0.05) is 36.4 Å². The maximum absolute atomic E-state index is 13.7. The number of hydrogen-bond acceptors (Lipinski definition) is 4. The fraction of sp³-hybridized carbons (Fsp3) is 0.160. The Balaban J connectivity index is 1.54. The maximum Gasteiger partial charge on any atom is 0.308 e. The molecule has 0 aliphatic heterocycles. The number of halogens is 1. The number of anilines is 1. The van der Waals surface area contributed by atoms with Crippen LogP contribution in [0.25, 0.3) is 0 Å². The molecule has 0 aliphatic rings. The van der Waals surface area contributed by atoms with Crippen LogP contribution in [0.3, 0.4) is 0 Å². The van der Waals surface area contributed by atoms with Crippen LogP contribution >= 0.6 is 0 Å². The van der Waals surface area contributed by atoms with E-state index in [1.54, 1.807) is 54.6 Å². The number of rotatable bonds is 8. The Bertz CT molecular complexity index is 1130. The summed E-state index contributed by atoms with van der Waals surface area (Å²) in [6.07, 6.45) is 0.497. The summed E-state index contributed by atoms with van der Waals surface area (Å²) < 4.78 is 18.7. The second-order valence-corrected chi connectivity index (χ2v) is 7.14. The lowest BCUT2D eigenvalue weighted by Gasteiger charge is -2.10. The number of carbonyl (C=O) groups is 3. The molecule has 3 aromatic carbocycles. The maximum atomic E-state index is 13.7. The Kier molecular flexibility index (Phi) is 7.70. The molecular weight excluding hydrogens is 411 g/mol. The Labute approximate surface area is 185 Å². The number of carbonyl (C=O) groups excluding carboxylic acids is 3. The lowest BCUT2D eigenvalue weighted by molar-refractivity contribution is -0.131. The molecule has 2 amide bonds. The number of aryl methyl sites for hydroxylation is 1. The zero-order valence-corrected chi connectivity index (χ0v) is 17.6. The summed E-state index contributed by atoms with van der Waals surface area (Å²) in [4.78, 5) is 35.7. The molecule has 0 saturated heterocycles. The highest BCUT2D eigenvalue weighted by Gasteiger charge is 2.10. The first-order valence-electron chi connectivity index (χ1n) is 10.1. The third-order valence-corrected chi connectivity index (χ3v) is 4.61. The molecule has 164 valence electrons. The average molecular weight is 434 g/mol. The zero-order valence-electron chi connectivity index (χ0n) is 17.6. The predicted octanol–water partition coefficient (Wildman–Crippen LogP) is 4.25. The van der Waals surface area contributed by atoms with Crippen molar-refractivity contribution in [2.75, 3.05) is 5.32 Å². The van der Waals surface area contributed by atoms with E-state index in [1.807, 2.05) is 6.07 Å². The Morgan fingerprint density at radius 1 is 0.938 bits per heavy atom. The first kappa shape index (κ1) is 22.7. The number of amides is 2. The van der Waals surface area contributed by atoms with Crippen LogP contribution in [0.5, 0.6) is 5.75 Å². The first-order chi connectivity index (χ1) is 15.4. The zero-order chi connectivity index (χ0) is 22.9. The van der Waals surface area contributed by atoms with Crippen LogP contribution < -0.4 is 15.4 Å². The Hall–Kier alpha value is -4.00. The normalized spacial score (nSPS) is 10.3. The minimum atomic E-state index is -0.466. The molecule has 0 fully saturated rings. The van der Waals surface area contributed by atoms with Crippen LogP contribution in [0.15, 0.2) is 72.8 Å². The standard InChI is InChI=1S/C25H23FN2O4/c1-17(29)32-22-10-5-8-20(15-22)25(31)28-21-9-4-6-18(14-21)16-27-24(30)13-12-19-7-2-3-11-23(19)26/h2-11,14-15H,12-13,16H2,1H3,(H,27,30)(H,28,31). The molecule has 6 nitrogen and oxygen atoms in total. The van der Waals surface area contributed by atoms with Crippen LogP contribution in [-0.4, -0.2) is 17.8 Å². The van der Waals surface area contributed by atoms with Crippen LogP contribution in [0.4, 0.5) is 10.1 Å². The quantitative estimate of drug-likeness (QED) is 0.410. The molecule has 7 heteroatoms. The van der Waals surface area contributed by atoms with Gasteiger partial charge in [0.05, 0.1) is 0 Å². The minimum absolute atomic E-state index is 0.177. The van der Waals surface area contributed by atoms with Crippen molar-refractivity contribution < 1.29 is 23.5 Å². The fourth-order valence-electron chi connectivity index (χ4n) is 3.07. The molecule has 0 saturated carbocycles. The topological polar surface area (TPSA) is 84.5 Å². The molecule has 0 heterocycles. The highest BCUT2D eigenvalue weighted by molar-refractivity contribution is 6.04. The number of hydrogen-bond donors (Lipinski definition) is 2. The summed E-state index contributed by atoms with van der Waals surface area (Å²) in [5.74, 6) is -1.04. The molecule has 0 unspecified atom stereocenters. The van der Waals surface area contributed by atoms with E-state index >= 15 is 0 Å². The molecule has 0 radical (unpaired) electrons. The predicted molar refractivity (Wildman–Crippen MR) is 119 cm³/mol. The number of benzene rings is 3. The molecule has 0 aromatic heterocycles. The van der Waals surface area contributed by atoms with Crippen molar-refractivity contribution in [3.63, 3.8) is 0 Å². The van der Waals surface area contributed by atoms with Gasteiger partial charge < -0.3 is 15.4 Å². The van der Waals surface area contributed by atoms with Gasteiger partial charge in [-0.15, -0.1) is 0 Å². The van der Waals surface area contributed by atoms with Crippen LogP contribution in [0, 0.1) is 5.82 Å². The molecule has 0 atom stereocenters. The van der Waals surface area contributed by atoms with Gasteiger partial charge in [0, 0.05) is 31.1 Å². The van der Waals surface area contributed by atoms with Crippen molar-refractivity contribution in [1.82, 2.24) is 5.32 Å². The van der Waals surface area contributed by atoms with E-state index in [2.05, 4.69) is 10.6 Å². The highest BCUT2D eigenvalue weighted by atomic mass is 19.1. The van der Waals surface area contributed by atoms with Gasteiger partial charge in [-0.25, -0.2) is 4.39 Å². The summed E-state index contributed by atoms with van der Waals surface area (Å²) >= 11 is 0. The van der Waals surface area contributed by atoms with Gasteiger partial charge in [-0.3, -0.25) is 14.4 Å². The molecule has 3 aromatic rings. The van der Waals surface area contributed by atoms with Crippen molar-refractivity contribution in [2.24, 2.45) is 0 Å². The highest BCUT2D eigenvalue weighted by Crippen LogP contribution is 2.17.